The van der Waals surface area contributed by atoms with E-state index in [0.717, 1.165) is 22.3 Å². The van der Waals surface area contributed by atoms with Gasteiger partial charge in [0.1, 0.15) is 5.52 Å². The van der Waals surface area contributed by atoms with Crippen LogP contribution in [0.1, 0.15) is 0 Å². The van der Waals surface area contributed by atoms with E-state index >= 15 is 0 Å². The van der Waals surface area contributed by atoms with Crippen LogP contribution in [0.25, 0.3) is 27.8 Å². The first kappa shape index (κ1) is 13.0. The molecule has 0 N–H and O–H groups in total. The molecule has 0 spiro atoms. The molecule has 22 heavy (non-hydrogen) atoms. The van der Waals surface area contributed by atoms with E-state index in [4.69, 9.17) is 11.6 Å². The number of hydrogen-bond acceptors (Lipinski definition) is 2. The highest BCUT2D eigenvalue weighted by atomic mass is 35.5. The van der Waals surface area contributed by atoms with E-state index in [1.807, 2.05) is 53.2 Å². The quantitative estimate of drug-likeness (QED) is 0.535. The van der Waals surface area contributed by atoms with Crippen LogP contribution in [0.15, 0.2) is 72.8 Å². The van der Waals surface area contributed by atoms with Gasteiger partial charge in [0.25, 0.3) is 0 Å². The summed E-state index contributed by atoms with van der Waals surface area (Å²) in [5, 5.41) is 9.10. The number of hydrogen-bond donors (Lipinski definition) is 0. The van der Waals surface area contributed by atoms with Gasteiger partial charge in [-0.1, -0.05) is 59.3 Å². The lowest BCUT2D eigenvalue weighted by atomic mass is 10.1. The topological polar surface area (TPSA) is 30.7 Å². The van der Waals surface area contributed by atoms with E-state index in [1.165, 1.54) is 5.56 Å². The first-order valence-corrected chi connectivity index (χ1v) is 7.36. The second-order valence-electron chi connectivity index (χ2n) is 5.05. The van der Waals surface area contributed by atoms with E-state index in [1.54, 1.807) is 0 Å². The highest BCUT2D eigenvalue weighted by Crippen LogP contribution is 2.24. The van der Waals surface area contributed by atoms with Crippen LogP contribution in [0, 0.1) is 0 Å². The molecule has 1 aromatic heterocycles. The van der Waals surface area contributed by atoms with Crippen LogP contribution in [0.3, 0.4) is 0 Å². The molecule has 3 nitrogen and oxygen atoms in total. The van der Waals surface area contributed by atoms with Gasteiger partial charge in [-0.25, -0.2) is 4.68 Å². The molecular weight excluding hydrogens is 294 g/mol. The third-order valence-corrected chi connectivity index (χ3v) is 3.84. The van der Waals surface area contributed by atoms with Crippen molar-refractivity contribution < 1.29 is 0 Å². The Balaban J connectivity index is 1.85. The van der Waals surface area contributed by atoms with Crippen LogP contribution >= 0.6 is 11.6 Å². The Morgan fingerprint density at radius 1 is 0.773 bits per heavy atom. The molecule has 0 saturated heterocycles. The van der Waals surface area contributed by atoms with Gasteiger partial charge in [0.05, 0.1) is 11.2 Å². The van der Waals surface area contributed by atoms with E-state index in [0.29, 0.717) is 5.02 Å². The summed E-state index contributed by atoms with van der Waals surface area (Å²) in [4.78, 5) is 0. The number of aromatic nitrogens is 3. The zero-order valence-corrected chi connectivity index (χ0v) is 12.4. The minimum atomic E-state index is 0.664. The van der Waals surface area contributed by atoms with Gasteiger partial charge in [-0.15, -0.1) is 5.10 Å². The fourth-order valence-corrected chi connectivity index (χ4v) is 2.70. The second-order valence-corrected chi connectivity index (χ2v) is 5.49. The van der Waals surface area contributed by atoms with Gasteiger partial charge < -0.3 is 0 Å². The highest BCUT2D eigenvalue weighted by molar-refractivity contribution is 6.31. The Bertz CT molecular complexity index is 945. The molecule has 0 aliphatic rings. The normalized spacial score (nSPS) is 11.0. The Labute approximate surface area is 132 Å². The van der Waals surface area contributed by atoms with Gasteiger partial charge in [-0.3, -0.25) is 0 Å². The lowest BCUT2D eigenvalue weighted by Gasteiger charge is -2.06. The molecule has 0 bridgehead atoms. The van der Waals surface area contributed by atoms with Crippen molar-refractivity contribution in [3.05, 3.63) is 77.8 Å². The third kappa shape index (κ3) is 2.26. The molecule has 0 fully saturated rings. The predicted octanol–water partition coefficient (Wildman–Crippen LogP) is 4.74. The molecule has 0 unspecified atom stereocenters. The molecule has 3 aromatic carbocycles. The first-order chi connectivity index (χ1) is 10.8. The zero-order chi connectivity index (χ0) is 14.9. The summed E-state index contributed by atoms with van der Waals surface area (Å²) in [6.45, 7) is 0. The number of rotatable bonds is 2. The Morgan fingerprint density at radius 3 is 2.45 bits per heavy atom. The summed E-state index contributed by atoms with van der Waals surface area (Å²) in [6.07, 6.45) is 0. The van der Waals surface area contributed by atoms with Gasteiger partial charge in [-0.05, 0) is 41.5 Å². The molecule has 1 heterocycles. The molecule has 4 rings (SSSR count). The molecule has 0 saturated carbocycles. The summed E-state index contributed by atoms with van der Waals surface area (Å²) in [6, 6.07) is 24.1. The Hall–Kier alpha value is -2.65. The molecule has 106 valence electrons. The van der Waals surface area contributed by atoms with Crippen molar-refractivity contribution in [2.45, 2.75) is 0 Å². The summed E-state index contributed by atoms with van der Waals surface area (Å²) >= 11 is 6.00. The maximum atomic E-state index is 6.00. The smallest absolute Gasteiger partial charge is 0.115 e. The SMILES string of the molecule is Clc1ccc2c(c1)nnn2-c1cccc(-c2ccccc2)c1. The second kappa shape index (κ2) is 5.28. The Kier molecular flexibility index (Phi) is 3.13. The van der Waals surface area contributed by atoms with E-state index < -0.39 is 0 Å². The van der Waals surface area contributed by atoms with E-state index in [9.17, 15) is 0 Å². The molecule has 0 amide bonds. The molecule has 4 heteroatoms. The molecule has 0 aliphatic heterocycles. The van der Waals surface area contributed by atoms with Crippen LogP contribution in [0.2, 0.25) is 5.02 Å². The molecule has 4 aromatic rings. The lowest BCUT2D eigenvalue weighted by molar-refractivity contribution is 0.824. The van der Waals surface area contributed by atoms with Crippen molar-refractivity contribution in [2.75, 3.05) is 0 Å². The minimum Gasteiger partial charge on any atom is -0.213 e. The summed E-state index contributed by atoms with van der Waals surface area (Å²) in [5.41, 5.74) is 5.03. The summed E-state index contributed by atoms with van der Waals surface area (Å²) < 4.78 is 1.83. The molecular formula is C18H12ClN3. The van der Waals surface area contributed by atoms with Crippen LogP contribution in [-0.4, -0.2) is 15.0 Å². The molecule has 0 radical (unpaired) electrons. The number of nitrogens with zero attached hydrogens (tertiary/aromatic N) is 3. The number of fused-ring (bicyclic) bond motifs is 1. The van der Waals surface area contributed by atoms with Crippen molar-refractivity contribution >= 4 is 22.6 Å². The fourth-order valence-electron chi connectivity index (χ4n) is 2.54. The zero-order valence-electron chi connectivity index (χ0n) is 11.6. The minimum absolute atomic E-state index is 0.664. The summed E-state index contributed by atoms with van der Waals surface area (Å²) in [5.74, 6) is 0. The standard InChI is InChI=1S/C18H12ClN3/c19-15-9-10-18-17(12-15)20-21-22(18)16-8-4-7-14(11-16)13-5-2-1-3-6-13/h1-12H. The average Bonchev–Trinajstić information content (AvgIpc) is 2.99. The largest absolute Gasteiger partial charge is 0.213 e. The lowest BCUT2D eigenvalue weighted by Crippen LogP contribution is -1.96. The van der Waals surface area contributed by atoms with Gasteiger partial charge in [0.2, 0.25) is 0 Å². The Morgan fingerprint density at radius 2 is 1.59 bits per heavy atom. The molecule has 0 atom stereocenters. The third-order valence-electron chi connectivity index (χ3n) is 3.61. The van der Waals surface area contributed by atoms with Crippen LogP contribution in [0.5, 0.6) is 0 Å². The average molecular weight is 306 g/mol. The highest BCUT2D eigenvalue weighted by Gasteiger charge is 2.08. The fraction of sp³-hybridized carbons (Fsp3) is 0. The maximum absolute atomic E-state index is 6.00. The van der Waals surface area contributed by atoms with E-state index in [-0.39, 0.29) is 0 Å². The van der Waals surface area contributed by atoms with Crippen molar-refractivity contribution in [1.29, 1.82) is 0 Å². The van der Waals surface area contributed by atoms with Crippen molar-refractivity contribution in [3.8, 4) is 16.8 Å². The monoisotopic (exact) mass is 305 g/mol. The van der Waals surface area contributed by atoms with Crippen molar-refractivity contribution in [2.24, 2.45) is 0 Å². The first-order valence-electron chi connectivity index (χ1n) is 6.98. The van der Waals surface area contributed by atoms with E-state index in [2.05, 4.69) is 34.6 Å². The van der Waals surface area contributed by atoms with Gasteiger partial charge in [-0.2, -0.15) is 0 Å². The maximum Gasteiger partial charge on any atom is 0.115 e. The predicted molar refractivity (Wildman–Crippen MR) is 89.3 cm³/mol. The van der Waals surface area contributed by atoms with Crippen LogP contribution < -0.4 is 0 Å². The van der Waals surface area contributed by atoms with Crippen LogP contribution in [0.4, 0.5) is 0 Å². The summed E-state index contributed by atoms with van der Waals surface area (Å²) in [7, 11) is 0. The van der Waals surface area contributed by atoms with Gasteiger partial charge in [0, 0.05) is 5.02 Å². The number of benzene rings is 3. The van der Waals surface area contributed by atoms with Gasteiger partial charge in [0.15, 0.2) is 0 Å². The van der Waals surface area contributed by atoms with Gasteiger partial charge >= 0.3 is 0 Å². The molecule has 0 aliphatic carbocycles. The van der Waals surface area contributed by atoms with Crippen molar-refractivity contribution in [1.82, 2.24) is 15.0 Å². The number of halogens is 1. The van der Waals surface area contributed by atoms with Crippen LogP contribution in [-0.2, 0) is 0 Å². The van der Waals surface area contributed by atoms with Crippen molar-refractivity contribution in [3.63, 3.8) is 0 Å².